The van der Waals surface area contributed by atoms with Crippen LogP contribution >= 0.6 is 0 Å². The van der Waals surface area contributed by atoms with E-state index in [1.54, 1.807) is 18.3 Å². The summed E-state index contributed by atoms with van der Waals surface area (Å²) in [7, 11) is 3.15. The third-order valence-corrected chi connectivity index (χ3v) is 6.51. The van der Waals surface area contributed by atoms with Crippen LogP contribution in [-0.4, -0.2) is 48.0 Å². The van der Waals surface area contributed by atoms with Crippen molar-refractivity contribution >= 4 is 11.2 Å². The fourth-order valence-corrected chi connectivity index (χ4v) is 5.20. The molecule has 150 valence electrons. The van der Waals surface area contributed by atoms with Crippen LogP contribution in [-0.2, 0) is 20.6 Å². The first-order chi connectivity index (χ1) is 12.4. The van der Waals surface area contributed by atoms with Crippen molar-refractivity contribution in [3.05, 3.63) is 27.2 Å². The van der Waals surface area contributed by atoms with E-state index in [1.807, 2.05) is 4.57 Å². The van der Waals surface area contributed by atoms with Gasteiger partial charge >= 0.3 is 5.69 Å². The zero-order chi connectivity index (χ0) is 18.6. The van der Waals surface area contributed by atoms with E-state index in [9.17, 15) is 14.7 Å². The molecule has 2 fully saturated rings. The lowest BCUT2D eigenvalue weighted by Gasteiger charge is -2.38. The summed E-state index contributed by atoms with van der Waals surface area (Å²) in [4.78, 5) is 30.5. The largest absolute Gasteiger partial charge is 1.00 e. The van der Waals surface area contributed by atoms with Crippen LogP contribution < -0.4 is 28.6 Å². The average molecular weight is 398 g/mol. The van der Waals surface area contributed by atoms with E-state index >= 15 is 0 Å². The highest BCUT2D eigenvalue weighted by molar-refractivity contribution is 5.69. The molecule has 2 bridgehead atoms. The number of aliphatic hydroxyl groups is 1. The first-order valence-corrected chi connectivity index (χ1v) is 9.54. The Morgan fingerprint density at radius 1 is 1.22 bits per heavy atom. The van der Waals surface area contributed by atoms with Crippen LogP contribution in [0.5, 0.6) is 0 Å². The highest BCUT2D eigenvalue weighted by atomic mass is 35.5. The molecule has 2 aliphatic heterocycles. The van der Waals surface area contributed by atoms with Gasteiger partial charge in [-0.05, 0) is 6.92 Å². The van der Waals surface area contributed by atoms with E-state index in [2.05, 4.69) is 11.9 Å². The molecule has 0 aliphatic carbocycles. The molecule has 0 radical (unpaired) electrons. The summed E-state index contributed by atoms with van der Waals surface area (Å²) in [6.45, 7) is 2.97. The van der Waals surface area contributed by atoms with Gasteiger partial charge in [-0.15, -0.1) is 0 Å². The average Bonchev–Trinajstić information content (AvgIpc) is 3.15. The molecule has 3 unspecified atom stereocenters. The summed E-state index contributed by atoms with van der Waals surface area (Å²) in [5.41, 5.74) is 0.295. The van der Waals surface area contributed by atoms with Gasteiger partial charge in [-0.1, -0.05) is 0 Å². The number of halogens is 1. The standard InChI is InChI=1S/C18H27N5O3.ClH/c1-11(23-12-4-5-13(23)9-14(24)8-12)6-7-22-10-19-16-15(22)17(25)21(3)18(26)20(16)2;/h10-14,24H,4-9H2,1-3H3;1H. The van der Waals surface area contributed by atoms with Crippen molar-refractivity contribution in [1.82, 2.24) is 18.7 Å². The molecule has 8 nitrogen and oxygen atoms in total. The van der Waals surface area contributed by atoms with Gasteiger partial charge in [0.05, 0.1) is 30.6 Å². The van der Waals surface area contributed by atoms with Crippen LogP contribution in [0.3, 0.4) is 0 Å². The number of nitrogens with one attached hydrogen (secondary N) is 1. The van der Waals surface area contributed by atoms with Crippen molar-refractivity contribution in [2.75, 3.05) is 0 Å². The van der Waals surface area contributed by atoms with E-state index in [-0.39, 0.29) is 29.8 Å². The van der Waals surface area contributed by atoms with Gasteiger partial charge in [0.1, 0.15) is 0 Å². The van der Waals surface area contributed by atoms with E-state index in [4.69, 9.17) is 0 Å². The van der Waals surface area contributed by atoms with Crippen LogP contribution in [0.15, 0.2) is 15.9 Å². The third kappa shape index (κ3) is 3.23. The molecule has 2 aliphatic rings. The van der Waals surface area contributed by atoms with Crippen molar-refractivity contribution in [1.29, 1.82) is 0 Å². The number of rotatable bonds is 4. The number of nitrogens with zero attached hydrogens (tertiary/aromatic N) is 4. The molecular formula is C18H28ClN5O3. The molecule has 2 aromatic heterocycles. The summed E-state index contributed by atoms with van der Waals surface area (Å²) < 4.78 is 4.45. The molecule has 0 aromatic carbocycles. The van der Waals surface area contributed by atoms with Crippen LogP contribution in [0.25, 0.3) is 11.2 Å². The second-order valence-electron chi connectivity index (χ2n) is 8.10. The fraction of sp³-hybridized carbons (Fsp3) is 0.722. The second-order valence-corrected chi connectivity index (χ2v) is 8.10. The van der Waals surface area contributed by atoms with Crippen molar-refractivity contribution in [3.8, 4) is 0 Å². The lowest BCUT2D eigenvalue weighted by Crippen LogP contribution is -3.21. The Morgan fingerprint density at radius 3 is 2.48 bits per heavy atom. The Labute approximate surface area is 163 Å². The Hall–Kier alpha value is -1.64. The van der Waals surface area contributed by atoms with Gasteiger partial charge in [0.2, 0.25) is 0 Å². The number of fused-ring (bicyclic) bond motifs is 3. The highest BCUT2D eigenvalue weighted by Crippen LogP contribution is 2.23. The molecule has 9 heteroatoms. The van der Waals surface area contributed by atoms with Crippen LogP contribution in [0.4, 0.5) is 0 Å². The highest BCUT2D eigenvalue weighted by Gasteiger charge is 2.46. The third-order valence-electron chi connectivity index (χ3n) is 6.51. The van der Waals surface area contributed by atoms with Gasteiger partial charge < -0.3 is 27.0 Å². The second kappa shape index (κ2) is 7.41. The monoisotopic (exact) mass is 397 g/mol. The number of imidazole rings is 1. The predicted molar refractivity (Wildman–Crippen MR) is 97.3 cm³/mol. The maximum absolute atomic E-state index is 12.5. The van der Waals surface area contributed by atoms with Crippen LogP contribution in [0.2, 0.25) is 0 Å². The van der Waals surface area contributed by atoms with Gasteiger partial charge in [0, 0.05) is 52.7 Å². The predicted octanol–water partition coefficient (Wildman–Crippen LogP) is -4.21. The minimum Gasteiger partial charge on any atom is -1.00 e. The van der Waals surface area contributed by atoms with Gasteiger partial charge in [0.25, 0.3) is 5.56 Å². The summed E-state index contributed by atoms with van der Waals surface area (Å²) in [6.07, 6.45) is 6.71. The zero-order valence-electron chi connectivity index (χ0n) is 16.1. The Balaban J connectivity index is 0.00000210. The number of aliphatic hydroxyl groups excluding tert-OH is 1. The molecule has 27 heavy (non-hydrogen) atoms. The van der Waals surface area contributed by atoms with Gasteiger partial charge in [-0.3, -0.25) is 13.9 Å². The van der Waals surface area contributed by atoms with Gasteiger partial charge in [0.15, 0.2) is 11.2 Å². The molecule has 2 saturated heterocycles. The van der Waals surface area contributed by atoms with Crippen LogP contribution in [0.1, 0.15) is 39.0 Å². The fourth-order valence-electron chi connectivity index (χ4n) is 5.20. The number of aromatic nitrogens is 4. The topological polar surface area (TPSA) is 86.5 Å². The van der Waals surface area contributed by atoms with Crippen molar-refractivity contribution in [2.24, 2.45) is 14.1 Å². The number of piperidine rings is 1. The zero-order valence-corrected chi connectivity index (χ0v) is 16.8. The molecule has 2 aromatic rings. The summed E-state index contributed by atoms with van der Waals surface area (Å²) >= 11 is 0. The minimum absolute atomic E-state index is 0. The summed E-state index contributed by atoms with van der Waals surface area (Å²) in [6, 6.07) is 1.59. The van der Waals surface area contributed by atoms with Crippen molar-refractivity contribution in [2.45, 2.75) is 69.8 Å². The van der Waals surface area contributed by atoms with E-state index in [0.29, 0.717) is 35.8 Å². The number of aryl methyl sites for hydroxylation is 2. The van der Waals surface area contributed by atoms with Gasteiger partial charge in [-0.2, -0.15) is 0 Å². The maximum Gasteiger partial charge on any atom is 0.332 e. The van der Waals surface area contributed by atoms with Gasteiger partial charge in [-0.25, -0.2) is 9.78 Å². The molecule has 0 spiro atoms. The van der Waals surface area contributed by atoms with Crippen LogP contribution in [0, 0.1) is 0 Å². The summed E-state index contributed by atoms with van der Waals surface area (Å²) in [5.74, 6) is 0. The quantitative estimate of drug-likeness (QED) is 0.547. The van der Waals surface area contributed by atoms with Crippen molar-refractivity contribution < 1.29 is 22.4 Å². The Bertz CT molecular complexity index is 935. The smallest absolute Gasteiger partial charge is 0.332 e. The molecule has 3 atom stereocenters. The van der Waals surface area contributed by atoms with E-state index < -0.39 is 0 Å². The minimum atomic E-state index is -0.353. The lowest BCUT2D eigenvalue weighted by atomic mass is 9.97. The van der Waals surface area contributed by atoms with E-state index in [1.165, 1.54) is 24.5 Å². The maximum atomic E-state index is 12.5. The number of hydrogen-bond acceptors (Lipinski definition) is 4. The number of hydrogen-bond donors (Lipinski definition) is 2. The molecule has 0 saturated carbocycles. The SMILES string of the molecule is CC(CCn1cnc2c1c(=O)n(C)c(=O)n2C)[NH+]1C2CCC1CC(O)C2.[Cl-]. The molecule has 0 amide bonds. The summed E-state index contributed by atoms with van der Waals surface area (Å²) in [5, 5.41) is 10.0. The number of quaternary nitrogens is 1. The Morgan fingerprint density at radius 2 is 1.85 bits per heavy atom. The molecule has 4 heterocycles. The normalized spacial score (nSPS) is 28.3. The molecule has 2 N–H and O–H groups in total. The molecular weight excluding hydrogens is 370 g/mol. The lowest BCUT2D eigenvalue weighted by molar-refractivity contribution is -0.964. The first-order valence-electron chi connectivity index (χ1n) is 9.54. The Kier molecular flexibility index (Phi) is 5.52. The first kappa shape index (κ1) is 20.1. The van der Waals surface area contributed by atoms with Crippen molar-refractivity contribution in [3.63, 3.8) is 0 Å². The molecule has 4 rings (SSSR count). The van der Waals surface area contributed by atoms with E-state index in [0.717, 1.165) is 23.8 Å².